The maximum atomic E-state index is 2.51. The van der Waals surface area contributed by atoms with E-state index in [-0.39, 0.29) is 21.7 Å². The number of hydrogen-bond acceptors (Lipinski definition) is 2. The Bertz CT molecular complexity index is 5700. The van der Waals surface area contributed by atoms with Crippen molar-refractivity contribution in [1.29, 1.82) is 0 Å². The van der Waals surface area contributed by atoms with Crippen molar-refractivity contribution in [3.63, 3.8) is 0 Å². The topological polar surface area (TPSA) is 16.3 Å². The van der Waals surface area contributed by atoms with E-state index >= 15 is 0 Å². The van der Waals surface area contributed by atoms with Crippen molar-refractivity contribution in [2.45, 2.75) is 164 Å². The first kappa shape index (κ1) is 68.7. The van der Waals surface area contributed by atoms with Crippen LogP contribution in [0.2, 0.25) is 0 Å². The van der Waals surface area contributed by atoms with Gasteiger partial charge in [-0.1, -0.05) is 263 Å². The Morgan fingerprint density at radius 2 is 0.648 bits per heavy atom. The van der Waals surface area contributed by atoms with Gasteiger partial charge in [-0.3, -0.25) is 0 Å². The lowest BCUT2D eigenvalue weighted by Gasteiger charge is -2.37. The Balaban J connectivity index is 0.851. The summed E-state index contributed by atoms with van der Waals surface area (Å²) < 4.78 is 4.99. The van der Waals surface area contributed by atoms with Gasteiger partial charge in [0.15, 0.2) is 0 Å². The summed E-state index contributed by atoms with van der Waals surface area (Å²) in [5.74, 6) is 0. The number of fused-ring (bicyclic) bond motifs is 8. The largest absolute Gasteiger partial charge is 0.310 e. The molecular formula is C101H100N4. The van der Waals surface area contributed by atoms with Gasteiger partial charge in [-0.15, -0.1) is 0 Å². The van der Waals surface area contributed by atoms with Crippen LogP contribution in [0.15, 0.2) is 267 Å². The van der Waals surface area contributed by atoms with Gasteiger partial charge < -0.3 is 18.9 Å². The molecule has 0 amide bonds. The third-order valence-electron chi connectivity index (χ3n) is 22.7. The Kier molecular flexibility index (Phi) is 16.9. The smallest absolute Gasteiger partial charge is 0.0541 e. The van der Waals surface area contributed by atoms with Crippen LogP contribution in [0, 0.1) is 0 Å². The van der Waals surface area contributed by atoms with Crippen LogP contribution >= 0.6 is 0 Å². The van der Waals surface area contributed by atoms with Gasteiger partial charge in [0.05, 0.1) is 27.8 Å². The first-order valence-corrected chi connectivity index (χ1v) is 38.3. The number of rotatable bonds is 14. The molecule has 0 unspecified atom stereocenters. The minimum atomic E-state index is -0.409. The molecule has 0 spiro atoms. The fraction of sp³-hybridized carbons (Fsp3) is 0.248. The predicted molar refractivity (Wildman–Crippen MR) is 453 cm³/mol. The molecule has 0 atom stereocenters. The summed E-state index contributed by atoms with van der Waals surface area (Å²) >= 11 is 0. The molecule has 0 saturated heterocycles. The van der Waals surface area contributed by atoms with Crippen LogP contribution in [0.25, 0.3) is 99.1 Å². The fourth-order valence-corrected chi connectivity index (χ4v) is 16.7. The van der Waals surface area contributed by atoms with Crippen molar-refractivity contribution < 1.29 is 0 Å². The van der Waals surface area contributed by atoms with Crippen molar-refractivity contribution in [3.8, 4) is 44.8 Å². The second-order valence-electron chi connectivity index (χ2n) is 34.5. The summed E-state index contributed by atoms with van der Waals surface area (Å²) in [6.45, 7) is 37.2. The molecule has 16 rings (SSSR count). The number of nitrogens with zero attached hydrogens (tertiary/aromatic N) is 4. The van der Waals surface area contributed by atoms with Gasteiger partial charge in [-0.05, 0) is 245 Å². The number of aromatic nitrogens is 2. The van der Waals surface area contributed by atoms with Crippen molar-refractivity contribution in [3.05, 3.63) is 311 Å². The highest BCUT2D eigenvalue weighted by atomic mass is 15.2. The Morgan fingerprint density at radius 3 is 1.05 bits per heavy atom. The van der Waals surface area contributed by atoms with Crippen LogP contribution in [0.4, 0.5) is 34.1 Å². The van der Waals surface area contributed by atoms with Gasteiger partial charge in [-0.2, -0.15) is 0 Å². The maximum absolute atomic E-state index is 2.51. The third kappa shape index (κ3) is 12.3. The SMILES string of the molecule is CCCc1ccc(-c2ccc(N(c3cccc(-n4c5ccc(C(C)(C)C)cc5c5cc(C(C)(C)C)ccc54)c3)c3ccc4c(c3)C(C)(C)c3cccc5c(N(c6ccc(-c7ccc(CCC)cc7)cc6)c6cccc(-n7c8ccc(C(C)(C)C)cc8c8cc(C(C)(C)C)ccc87)c6)ccc-4c35)cc2)cc1. The second-order valence-corrected chi connectivity index (χ2v) is 34.5. The molecule has 2 aromatic heterocycles. The van der Waals surface area contributed by atoms with Gasteiger partial charge in [-0.25, -0.2) is 0 Å². The summed E-state index contributed by atoms with van der Waals surface area (Å²) in [5.41, 5.74) is 31.2. The molecule has 4 nitrogen and oxygen atoms in total. The lowest BCUT2D eigenvalue weighted by molar-refractivity contribution is 0.590. The zero-order chi connectivity index (χ0) is 73.2. The van der Waals surface area contributed by atoms with E-state index < -0.39 is 5.41 Å². The average Bonchev–Trinajstić information content (AvgIpc) is 1.35. The van der Waals surface area contributed by atoms with Crippen molar-refractivity contribution >= 4 is 88.5 Å². The quantitative estimate of drug-likeness (QED) is 0.108. The van der Waals surface area contributed by atoms with Gasteiger partial charge in [0, 0.05) is 72.2 Å². The van der Waals surface area contributed by atoms with Crippen LogP contribution in [0.5, 0.6) is 0 Å². The molecule has 0 N–H and O–H groups in total. The van der Waals surface area contributed by atoms with Gasteiger partial charge in [0.1, 0.15) is 0 Å². The molecule has 0 saturated carbocycles. The van der Waals surface area contributed by atoms with Gasteiger partial charge in [0.25, 0.3) is 0 Å². The Morgan fingerprint density at radius 1 is 0.295 bits per heavy atom. The van der Waals surface area contributed by atoms with E-state index in [4.69, 9.17) is 0 Å². The molecule has 105 heavy (non-hydrogen) atoms. The number of benzene rings is 13. The molecule has 0 aliphatic heterocycles. The first-order chi connectivity index (χ1) is 50.2. The molecular weight excluding hydrogens is 1270 g/mol. The molecule has 524 valence electrons. The summed E-state index contributed by atoms with van der Waals surface area (Å²) in [6.07, 6.45) is 4.42. The fourth-order valence-electron chi connectivity index (χ4n) is 16.7. The van der Waals surface area contributed by atoms with E-state index in [9.17, 15) is 0 Å². The summed E-state index contributed by atoms with van der Waals surface area (Å²) in [5, 5.41) is 7.62. The van der Waals surface area contributed by atoms with Crippen molar-refractivity contribution in [2.24, 2.45) is 0 Å². The number of anilines is 6. The van der Waals surface area contributed by atoms with Crippen LogP contribution in [0.1, 0.15) is 168 Å². The summed E-state index contributed by atoms with van der Waals surface area (Å²) in [6, 6.07) is 103. The van der Waals surface area contributed by atoms with E-state index in [1.54, 1.807) is 0 Å². The van der Waals surface area contributed by atoms with Gasteiger partial charge >= 0.3 is 0 Å². The molecule has 0 bridgehead atoms. The van der Waals surface area contributed by atoms with E-state index in [0.29, 0.717) is 0 Å². The van der Waals surface area contributed by atoms with E-state index in [1.807, 2.05) is 0 Å². The van der Waals surface area contributed by atoms with Gasteiger partial charge in [0.2, 0.25) is 0 Å². The first-order valence-electron chi connectivity index (χ1n) is 38.3. The minimum Gasteiger partial charge on any atom is -0.310 e. The molecule has 1 aliphatic rings. The molecule has 0 fully saturated rings. The predicted octanol–water partition coefficient (Wildman–Crippen LogP) is 28.7. The second kappa shape index (κ2) is 25.9. The van der Waals surface area contributed by atoms with Crippen LogP contribution < -0.4 is 9.80 Å². The summed E-state index contributed by atoms with van der Waals surface area (Å²) in [4.78, 5) is 5.00. The Labute approximate surface area is 623 Å². The van der Waals surface area contributed by atoms with E-state index in [2.05, 4.69) is 397 Å². The van der Waals surface area contributed by atoms with Crippen molar-refractivity contribution in [2.75, 3.05) is 9.80 Å². The lowest BCUT2D eigenvalue weighted by atomic mass is 9.68. The maximum Gasteiger partial charge on any atom is 0.0541 e. The third-order valence-corrected chi connectivity index (χ3v) is 22.7. The number of hydrogen-bond donors (Lipinski definition) is 0. The molecule has 1 aliphatic carbocycles. The normalized spacial score (nSPS) is 13.2. The molecule has 4 heteroatoms. The monoisotopic (exact) mass is 1370 g/mol. The lowest BCUT2D eigenvalue weighted by Crippen LogP contribution is -2.24. The standard InChI is InChI=1S/C101H100N4/c1-17-22-65-30-34-67(35-31-65)69-38-46-75(47-39-69)102(77-24-19-26-79(62-77)104-92-53-42-71(97(3,4)5)58-85(92)86-59-72(98(6,7)8)43-54-93(86)104)81-50-51-82-83-52-57-91(84-28-21-29-89(96(83)84)101(15,16)90(82)64-81)103(76-48-40-70(41-49-76)68-36-32-66(23-18-2)33-37-68)78-25-20-27-80(63-78)105-94-55-44-73(99(9,10)11)60-87(94)88-61-74(100(12,13)14)45-56-95(88)105/h19-21,24-64H,17-18,22-23H2,1-16H3. The van der Waals surface area contributed by atoms with E-state index in [0.717, 1.165) is 71.2 Å². The zero-order valence-corrected chi connectivity index (χ0v) is 64.5. The summed E-state index contributed by atoms with van der Waals surface area (Å²) in [7, 11) is 0. The molecule has 15 aromatic rings. The molecule has 2 heterocycles. The highest BCUT2D eigenvalue weighted by Crippen LogP contribution is 2.54. The molecule has 13 aromatic carbocycles. The highest BCUT2D eigenvalue weighted by molar-refractivity contribution is 6.13. The van der Waals surface area contributed by atoms with E-state index in [1.165, 1.54) is 132 Å². The zero-order valence-electron chi connectivity index (χ0n) is 64.5. The van der Waals surface area contributed by atoms with Crippen molar-refractivity contribution in [1.82, 2.24) is 9.13 Å². The van der Waals surface area contributed by atoms with Crippen LogP contribution in [-0.2, 0) is 39.9 Å². The van der Waals surface area contributed by atoms with Crippen LogP contribution in [0.3, 0.4) is 0 Å². The van der Waals surface area contributed by atoms with Crippen LogP contribution in [-0.4, -0.2) is 9.13 Å². The molecule has 0 radical (unpaired) electrons. The Hall–Kier alpha value is -10.7. The average molecular weight is 1370 g/mol. The highest BCUT2D eigenvalue weighted by Gasteiger charge is 2.36. The number of aryl methyl sites for hydroxylation is 2. The minimum absolute atomic E-state index is 0.00409.